The number of carbonyl (C=O) groups is 1. The summed E-state index contributed by atoms with van der Waals surface area (Å²) in [5.74, 6) is -0.807. The molecule has 0 unspecified atom stereocenters. The summed E-state index contributed by atoms with van der Waals surface area (Å²) >= 11 is 0. The van der Waals surface area contributed by atoms with E-state index in [-0.39, 0.29) is 13.0 Å². The molecule has 4 nitrogen and oxygen atoms in total. The van der Waals surface area contributed by atoms with Crippen LogP contribution in [0.2, 0.25) is 0 Å². The van der Waals surface area contributed by atoms with Gasteiger partial charge in [0.2, 0.25) is 0 Å². The molecular weight excluding hydrogens is 242 g/mol. The quantitative estimate of drug-likeness (QED) is 0.753. The van der Waals surface area contributed by atoms with Gasteiger partial charge in [-0.1, -0.05) is 24.3 Å². The molecule has 0 saturated carbocycles. The van der Waals surface area contributed by atoms with Gasteiger partial charge in [-0.15, -0.1) is 0 Å². The van der Waals surface area contributed by atoms with E-state index in [1.807, 2.05) is 24.3 Å². The minimum atomic E-state index is -0.807. The highest BCUT2D eigenvalue weighted by Gasteiger charge is 2.13. The average Bonchev–Trinajstić information content (AvgIpc) is 2.35. The first-order valence-corrected chi connectivity index (χ1v) is 6.68. The van der Waals surface area contributed by atoms with Gasteiger partial charge >= 0.3 is 5.97 Å². The second-order valence-corrected chi connectivity index (χ2v) is 4.98. The van der Waals surface area contributed by atoms with E-state index in [4.69, 9.17) is 10.2 Å². The Bertz CT molecular complexity index is 404. The minimum Gasteiger partial charge on any atom is -0.481 e. The maximum Gasteiger partial charge on any atom is 0.307 e. The number of aliphatic hydroxyl groups is 1. The van der Waals surface area contributed by atoms with Crippen molar-refractivity contribution in [2.45, 2.75) is 39.3 Å². The van der Waals surface area contributed by atoms with Gasteiger partial charge in [0.15, 0.2) is 0 Å². The molecule has 1 rings (SSSR count). The number of hydrogen-bond donors (Lipinski definition) is 2. The first kappa shape index (κ1) is 15.7. The van der Waals surface area contributed by atoms with Crippen LogP contribution < -0.4 is 0 Å². The second kappa shape index (κ2) is 7.92. The molecular formula is C15H23NO3. The van der Waals surface area contributed by atoms with Crippen molar-refractivity contribution in [3.63, 3.8) is 0 Å². The Morgan fingerprint density at radius 3 is 2.42 bits per heavy atom. The van der Waals surface area contributed by atoms with Crippen molar-refractivity contribution >= 4 is 5.97 Å². The van der Waals surface area contributed by atoms with Crippen LogP contribution in [0.15, 0.2) is 24.3 Å². The highest BCUT2D eigenvalue weighted by atomic mass is 16.4. The van der Waals surface area contributed by atoms with Gasteiger partial charge in [0.1, 0.15) is 0 Å². The SMILES string of the molecule is CC(C)N(CCCO)Cc1ccccc1CC(=O)O. The maximum atomic E-state index is 10.9. The Hall–Kier alpha value is -1.39. The third-order valence-corrected chi connectivity index (χ3v) is 3.17. The summed E-state index contributed by atoms with van der Waals surface area (Å²) in [6, 6.07) is 8.02. The highest BCUT2D eigenvalue weighted by Crippen LogP contribution is 2.14. The topological polar surface area (TPSA) is 60.8 Å². The molecule has 19 heavy (non-hydrogen) atoms. The van der Waals surface area contributed by atoms with Crippen LogP contribution in [0.25, 0.3) is 0 Å². The van der Waals surface area contributed by atoms with Gasteiger partial charge in [0.25, 0.3) is 0 Å². The number of rotatable bonds is 8. The molecule has 0 radical (unpaired) electrons. The standard InChI is InChI=1S/C15H23NO3/c1-12(2)16(8-5-9-17)11-14-7-4-3-6-13(14)10-15(18)19/h3-4,6-7,12,17H,5,8-11H2,1-2H3,(H,18,19). The Kier molecular flexibility index (Phi) is 6.53. The molecule has 2 N–H and O–H groups in total. The van der Waals surface area contributed by atoms with E-state index in [9.17, 15) is 4.79 Å². The van der Waals surface area contributed by atoms with E-state index in [1.165, 1.54) is 0 Å². The molecule has 0 aliphatic heterocycles. The fourth-order valence-electron chi connectivity index (χ4n) is 2.06. The molecule has 0 aromatic heterocycles. The molecule has 0 atom stereocenters. The minimum absolute atomic E-state index is 0.0576. The van der Waals surface area contributed by atoms with Gasteiger partial charge in [-0.25, -0.2) is 0 Å². The second-order valence-electron chi connectivity index (χ2n) is 4.98. The number of benzene rings is 1. The van der Waals surface area contributed by atoms with Crippen molar-refractivity contribution in [2.24, 2.45) is 0 Å². The molecule has 4 heteroatoms. The lowest BCUT2D eigenvalue weighted by molar-refractivity contribution is -0.136. The number of aliphatic hydroxyl groups excluding tert-OH is 1. The Morgan fingerprint density at radius 2 is 1.89 bits per heavy atom. The highest BCUT2D eigenvalue weighted by molar-refractivity contribution is 5.70. The normalized spacial score (nSPS) is 11.2. The van der Waals surface area contributed by atoms with Crippen LogP contribution in [0, 0.1) is 0 Å². The Labute approximate surface area is 114 Å². The van der Waals surface area contributed by atoms with Crippen molar-refractivity contribution in [1.82, 2.24) is 4.90 Å². The van der Waals surface area contributed by atoms with Crippen LogP contribution in [0.4, 0.5) is 0 Å². The molecule has 1 aromatic rings. The van der Waals surface area contributed by atoms with Gasteiger partial charge < -0.3 is 10.2 Å². The van der Waals surface area contributed by atoms with Crippen LogP contribution in [0.5, 0.6) is 0 Å². The lowest BCUT2D eigenvalue weighted by Gasteiger charge is -2.27. The number of carboxylic acids is 1. The van der Waals surface area contributed by atoms with E-state index in [0.29, 0.717) is 6.04 Å². The molecule has 0 saturated heterocycles. The van der Waals surface area contributed by atoms with E-state index < -0.39 is 5.97 Å². The summed E-state index contributed by atoms with van der Waals surface area (Å²) in [6.45, 7) is 5.94. The molecule has 0 bridgehead atoms. The summed E-state index contributed by atoms with van der Waals surface area (Å²) in [7, 11) is 0. The number of aliphatic carboxylic acids is 1. The number of hydrogen-bond acceptors (Lipinski definition) is 3. The van der Waals surface area contributed by atoms with Gasteiger partial charge in [0.05, 0.1) is 6.42 Å². The zero-order valence-electron chi connectivity index (χ0n) is 11.7. The average molecular weight is 265 g/mol. The van der Waals surface area contributed by atoms with E-state index in [1.54, 1.807) is 0 Å². The first-order chi connectivity index (χ1) is 9.04. The van der Waals surface area contributed by atoms with Gasteiger partial charge in [0, 0.05) is 25.7 Å². The first-order valence-electron chi connectivity index (χ1n) is 6.68. The summed E-state index contributed by atoms with van der Waals surface area (Å²) in [5.41, 5.74) is 1.92. The molecule has 0 amide bonds. The molecule has 0 spiro atoms. The third-order valence-electron chi connectivity index (χ3n) is 3.17. The van der Waals surface area contributed by atoms with Crippen molar-refractivity contribution in [3.8, 4) is 0 Å². The predicted octanol–water partition coefficient (Wildman–Crippen LogP) is 1.91. The molecule has 0 aliphatic rings. The van der Waals surface area contributed by atoms with Crippen molar-refractivity contribution < 1.29 is 15.0 Å². The lowest BCUT2D eigenvalue weighted by atomic mass is 10.0. The zero-order chi connectivity index (χ0) is 14.3. The molecule has 0 heterocycles. The molecule has 0 fully saturated rings. The fourth-order valence-corrected chi connectivity index (χ4v) is 2.06. The summed E-state index contributed by atoms with van der Waals surface area (Å²) in [6.07, 6.45) is 0.793. The summed E-state index contributed by atoms with van der Waals surface area (Å²) in [4.78, 5) is 13.1. The predicted molar refractivity (Wildman–Crippen MR) is 75.0 cm³/mol. The van der Waals surface area contributed by atoms with E-state index in [0.717, 1.165) is 30.6 Å². The van der Waals surface area contributed by atoms with E-state index >= 15 is 0 Å². The largest absolute Gasteiger partial charge is 0.481 e. The summed E-state index contributed by atoms with van der Waals surface area (Å²) < 4.78 is 0. The van der Waals surface area contributed by atoms with E-state index in [2.05, 4.69) is 18.7 Å². The Morgan fingerprint density at radius 1 is 1.26 bits per heavy atom. The van der Waals surface area contributed by atoms with Gasteiger partial charge in [-0.3, -0.25) is 9.69 Å². The van der Waals surface area contributed by atoms with Crippen LogP contribution in [0.3, 0.4) is 0 Å². The Balaban J connectivity index is 2.80. The maximum absolute atomic E-state index is 10.9. The number of carboxylic acid groups (broad SMARTS) is 1. The van der Waals surface area contributed by atoms with Crippen molar-refractivity contribution in [1.29, 1.82) is 0 Å². The zero-order valence-corrected chi connectivity index (χ0v) is 11.7. The third kappa shape index (κ3) is 5.41. The van der Waals surface area contributed by atoms with Crippen LogP contribution in [-0.4, -0.2) is 40.3 Å². The van der Waals surface area contributed by atoms with Crippen LogP contribution >= 0.6 is 0 Å². The molecule has 0 aliphatic carbocycles. The van der Waals surface area contributed by atoms with Crippen LogP contribution in [-0.2, 0) is 17.8 Å². The summed E-state index contributed by atoms with van der Waals surface area (Å²) in [5, 5.41) is 17.9. The molecule has 1 aromatic carbocycles. The fraction of sp³-hybridized carbons (Fsp3) is 0.533. The lowest BCUT2D eigenvalue weighted by Crippen LogP contribution is -2.32. The number of nitrogens with zero attached hydrogens (tertiary/aromatic N) is 1. The van der Waals surface area contributed by atoms with Crippen molar-refractivity contribution in [2.75, 3.05) is 13.2 Å². The van der Waals surface area contributed by atoms with Gasteiger partial charge in [-0.05, 0) is 31.4 Å². The monoisotopic (exact) mass is 265 g/mol. The van der Waals surface area contributed by atoms with Crippen LogP contribution in [0.1, 0.15) is 31.4 Å². The van der Waals surface area contributed by atoms with Crippen molar-refractivity contribution in [3.05, 3.63) is 35.4 Å². The molecule has 106 valence electrons. The smallest absolute Gasteiger partial charge is 0.307 e. The van der Waals surface area contributed by atoms with Gasteiger partial charge in [-0.2, -0.15) is 0 Å².